The molecule has 38 heavy (non-hydrogen) atoms. The average molecular weight is 521 g/mol. The van der Waals surface area contributed by atoms with Crippen LogP contribution in [-0.4, -0.2) is 48.6 Å². The van der Waals surface area contributed by atoms with Crippen molar-refractivity contribution in [2.75, 3.05) is 53.7 Å². The summed E-state index contributed by atoms with van der Waals surface area (Å²) in [5, 5.41) is 2.91. The van der Waals surface area contributed by atoms with E-state index in [2.05, 4.69) is 5.32 Å². The molecule has 1 amide bonds. The lowest BCUT2D eigenvalue weighted by molar-refractivity contribution is -0.111. The van der Waals surface area contributed by atoms with E-state index in [0.717, 1.165) is 11.1 Å². The quantitative estimate of drug-likeness (QED) is 0.203. The van der Waals surface area contributed by atoms with Crippen molar-refractivity contribution in [2.45, 2.75) is 0 Å². The second-order valence-corrected chi connectivity index (χ2v) is 7.88. The fourth-order valence-corrected chi connectivity index (χ4v) is 3.76. The molecule has 0 radical (unpaired) electrons. The number of hydrogen-bond acceptors (Lipinski definition) is 8. The van der Waals surface area contributed by atoms with Crippen LogP contribution in [0.3, 0.4) is 0 Å². The predicted molar refractivity (Wildman–Crippen MR) is 150 cm³/mol. The SMILES string of the molecule is COc1cc(/C=C/C(=O)Nc2c(/C=C/c3cc(OC)c(OC)c(OC)c3)ccc(OC)c2OC)ccc1N. The van der Waals surface area contributed by atoms with Crippen LogP contribution in [0.2, 0.25) is 0 Å². The summed E-state index contributed by atoms with van der Waals surface area (Å²) >= 11 is 0. The van der Waals surface area contributed by atoms with E-state index in [0.29, 0.717) is 51.4 Å². The van der Waals surface area contributed by atoms with Crippen LogP contribution in [-0.2, 0) is 4.79 Å². The van der Waals surface area contributed by atoms with E-state index in [-0.39, 0.29) is 5.91 Å². The van der Waals surface area contributed by atoms with Crippen LogP contribution in [0.25, 0.3) is 18.2 Å². The van der Waals surface area contributed by atoms with Gasteiger partial charge in [-0.05, 0) is 53.6 Å². The van der Waals surface area contributed by atoms with E-state index in [9.17, 15) is 4.79 Å². The number of ether oxygens (including phenoxy) is 6. The molecule has 0 atom stereocenters. The smallest absolute Gasteiger partial charge is 0.248 e. The van der Waals surface area contributed by atoms with Crippen molar-refractivity contribution in [3.05, 3.63) is 65.2 Å². The van der Waals surface area contributed by atoms with Crippen molar-refractivity contribution < 1.29 is 33.2 Å². The lowest BCUT2D eigenvalue weighted by atomic mass is 10.1. The summed E-state index contributed by atoms with van der Waals surface area (Å²) in [6.07, 6.45) is 6.77. The summed E-state index contributed by atoms with van der Waals surface area (Å²) in [5.74, 6) is 2.57. The Morgan fingerprint density at radius 3 is 1.84 bits per heavy atom. The van der Waals surface area contributed by atoms with Crippen LogP contribution in [0.15, 0.2) is 48.5 Å². The molecule has 3 rings (SSSR count). The van der Waals surface area contributed by atoms with Crippen LogP contribution in [0.4, 0.5) is 11.4 Å². The molecule has 0 saturated carbocycles. The van der Waals surface area contributed by atoms with Crippen molar-refractivity contribution in [1.82, 2.24) is 0 Å². The number of amides is 1. The molecule has 0 aliphatic heterocycles. The van der Waals surface area contributed by atoms with Gasteiger partial charge < -0.3 is 39.5 Å². The molecule has 0 aliphatic rings. The van der Waals surface area contributed by atoms with Crippen LogP contribution < -0.4 is 39.5 Å². The van der Waals surface area contributed by atoms with Crippen LogP contribution >= 0.6 is 0 Å². The zero-order valence-corrected chi connectivity index (χ0v) is 22.3. The van der Waals surface area contributed by atoms with Crippen molar-refractivity contribution in [1.29, 1.82) is 0 Å². The molecule has 0 fully saturated rings. The van der Waals surface area contributed by atoms with E-state index in [1.54, 1.807) is 51.7 Å². The van der Waals surface area contributed by atoms with Gasteiger partial charge in [-0.25, -0.2) is 0 Å². The van der Waals surface area contributed by atoms with Gasteiger partial charge >= 0.3 is 0 Å². The average Bonchev–Trinajstić information content (AvgIpc) is 2.94. The number of nitrogens with one attached hydrogen (secondary N) is 1. The summed E-state index contributed by atoms with van der Waals surface area (Å²) in [7, 11) is 9.24. The number of hydrogen-bond donors (Lipinski definition) is 2. The molecule has 0 heterocycles. The van der Waals surface area contributed by atoms with Gasteiger partial charge in [-0.1, -0.05) is 18.2 Å². The van der Waals surface area contributed by atoms with Gasteiger partial charge in [0.2, 0.25) is 11.7 Å². The molecule has 3 N–H and O–H groups in total. The molecular weight excluding hydrogens is 488 g/mol. The topological polar surface area (TPSA) is 111 Å². The van der Waals surface area contributed by atoms with Gasteiger partial charge in [-0.15, -0.1) is 0 Å². The van der Waals surface area contributed by atoms with Gasteiger partial charge in [-0.2, -0.15) is 0 Å². The lowest BCUT2D eigenvalue weighted by Gasteiger charge is -2.16. The normalized spacial score (nSPS) is 10.9. The number of carbonyl (C=O) groups excluding carboxylic acids is 1. The Balaban J connectivity index is 1.96. The van der Waals surface area contributed by atoms with E-state index >= 15 is 0 Å². The van der Waals surface area contributed by atoms with Gasteiger partial charge in [-0.3, -0.25) is 4.79 Å². The Morgan fingerprint density at radius 2 is 1.26 bits per heavy atom. The Bertz CT molecular complexity index is 1320. The first-order chi connectivity index (χ1) is 18.4. The highest BCUT2D eigenvalue weighted by Crippen LogP contribution is 2.41. The van der Waals surface area contributed by atoms with E-state index < -0.39 is 0 Å². The van der Waals surface area contributed by atoms with Gasteiger partial charge in [0.1, 0.15) is 5.75 Å². The predicted octanol–water partition coefficient (Wildman–Crippen LogP) is 5.14. The second-order valence-electron chi connectivity index (χ2n) is 7.88. The fraction of sp³-hybridized carbons (Fsp3) is 0.207. The standard InChI is InChI=1S/C29H32N2O7/c1-33-22-13-11-20(10-7-19-16-24(35-3)28(37-5)25(17-19)36-4)27(29(22)38-6)31-26(32)14-9-18-8-12-21(30)23(15-18)34-2/h7-17H,30H2,1-6H3,(H,31,32)/b10-7+,14-9+. The first-order valence-corrected chi connectivity index (χ1v) is 11.5. The number of rotatable bonds is 11. The zero-order chi connectivity index (χ0) is 27.7. The zero-order valence-electron chi connectivity index (χ0n) is 22.3. The number of methoxy groups -OCH3 is 6. The van der Waals surface area contributed by atoms with Crippen LogP contribution in [0.1, 0.15) is 16.7 Å². The molecule has 9 heteroatoms. The largest absolute Gasteiger partial charge is 0.495 e. The van der Waals surface area contributed by atoms with Crippen molar-refractivity contribution >= 4 is 35.5 Å². The summed E-state index contributed by atoms with van der Waals surface area (Å²) in [6, 6.07) is 12.5. The summed E-state index contributed by atoms with van der Waals surface area (Å²) in [4.78, 5) is 12.9. The monoisotopic (exact) mass is 520 g/mol. The van der Waals surface area contributed by atoms with Crippen LogP contribution in [0.5, 0.6) is 34.5 Å². The molecule has 200 valence electrons. The Kier molecular flexibility index (Phi) is 9.48. The highest BCUT2D eigenvalue weighted by Gasteiger charge is 2.16. The van der Waals surface area contributed by atoms with E-state index in [1.165, 1.54) is 27.4 Å². The summed E-state index contributed by atoms with van der Waals surface area (Å²) in [6.45, 7) is 0. The number of anilines is 2. The summed E-state index contributed by atoms with van der Waals surface area (Å²) in [5.41, 5.74) is 9.07. The minimum atomic E-state index is -0.366. The molecule has 9 nitrogen and oxygen atoms in total. The van der Waals surface area contributed by atoms with Crippen molar-refractivity contribution in [2.24, 2.45) is 0 Å². The molecular formula is C29H32N2O7. The lowest BCUT2D eigenvalue weighted by Crippen LogP contribution is -2.11. The molecule has 0 aliphatic carbocycles. The van der Waals surface area contributed by atoms with Gasteiger partial charge in [0.25, 0.3) is 0 Å². The molecule has 0 spiro atoms. The second kappa shape index (κ2) is 13.0. The van der Waals surface area contributed by atoms with Crippen molar-refractivity contribution in [3.63, 3.8) is 0 Å². The third kappa shape index (κ3) is 6.31. The summed E-state index contributed by atoms with van der Waals surface area (Å²) < 4.78 is 32.6. The van der Waals surface area contributed by atoms with Gasteiger partial charge in [0.05, 0.1) is 54.0 Å². The molecule has 0 saturated heterocycles. The third-order valence-corrected chi connectivity index (χ3v) is 5.65. The maximum Gasteiger partial charge on any atom is 0.248 e. The highest BCUT2D eigenvalue weighted by atomic mass is 16.5. The number of nitrogen functional groups attached to an aromatic ring is 1. The first-order valence-electron chi connectivity index (χ1n) is 11.5. The maximum atomic E-state index is 12.9. The first kappa shape index (κ1) is 27.8. The number of benzene rings is 3. The third-order valence-electron chi connectivity index (χ3n) is 5.65. The number of nitrogens with two attached hydrogens (primary N) is 1. The molecule has 3 aromatic rings. The Labute approximate surface area is 222 Å². The molecule has 0 aromatic heterocycles. The maximum absolute atomic E-state index is 12.9. The van der Waals surface area contributed by atoms with Gasteiger partial charge in [0.15, 0.2) is 23.0 Å². The molecule has 3 aromatic carbocycles. The minimum Gasteiger partial charge on any atom is -0.495 e. The fourth-order valence-electron chi connectivity index (χ4n) is 3.76. The van der Waals surface area contributed by atoms with Gasteiger partial charge in [0, 0.05) is 11.6 Å². The number of carbonyl (C=O) groups is 1. The van der Waals surface area contributed by atoms with Crippen molar-refractivity contribution in [3.8, 4) is 34.5 Å². The van der Waals surface area contributed by atoms with E-state index in [1.807, 2.05) is 30.4 Å². The van der Waals surface area contributed by atoms with Crippen LogP contribution in [0, 0.1) is 0 Å². The highest BCUT2D eigenvalue weighted by molar-refractivity contribution is 6.05. The Morgan fingerprint density at radius 1 is 0.658 bits per heavy atom. The van der Waals surface area contributed by atoms with E-state index in [4.69, 9.17) is 34.2 Å². The Hall–Kier alpha value is -4.79. The minimum absolute atomic E-state index is 0.366. The molecule has 0 unspecified atom stereocenters. The molecule has 0 bridgehead atoms.